The number of nitrogens with one attached hydrogen (secondary N) is 1. The van der Waals surface area contributed by atoms with Crippen LogP contribution in [0.1, 0.15) is 49.8 Å². The molecular weight excluding hydrogens is 246 g/mol. The summed E-state index contributed by atoms with van der Waals surface area (Å²) in [4.78, 5) is 2.36. The van der Waals surface area contributed by atoms with Gasteiger partial charge in [0.25, 0.3) is 0 Å². The molecule has 0 amide bonds. The number of nitriles is 1. The summed E-state index contributed by atoms with van der Waals surface area (Å²) in [5.41, 5.74) is 2.50. The molecule has 1 aromatic rings. The summed E-state index contributed by atoms with van der Waals surface area (Å²) in [5.74, 6) is 0.741. The second-order valence-corrected chi connectivity index (χ2v) is 5.49. The van der Waals surface area contributed by atoms with Crippen molar-refractivity contribution in [2.24, 2.45) is 0 Å². The predicted octanol–water partition coefficient (Wildman–Crippen LogP) is 3.06. The van der Waals surface area contributed by atoms with Crippen molar-refractivity contribution in [2.75, 3.05) is 26.2 Å². The fourth-order valence-corrected chi connectivity index (χ4v) is 2.55. The summed E-state index contributed by atoms with van der Waals surface area (Å²) in [7, 11) is 0. The minimum atomic E-state index is -0.190. The summed E-state index contributed by atoms with van der Waals surface area (Å²) >= 11 is 0. The van der Waals surface area contributed by atoms with Gasteiger partial charge in [-0.25, -0.2) is 0 Å². The Morgan fingerprint density at radius 3 is 2.70 bits per heavy atom. The van der Waals surface area contributed by atoms with Crippen LogP contribution < -0.4 is 5.32 Å². The summed E-state index contributed by atoms with van der Waals surface area (Å²) in [6.07, 6.45) is 2.60. The molecule has 20 heavy (non-hydrogen) atoms. The largest absolute Gasteiger partial charge is 0.303 e. The molecule has 0 aliphatic heterocycles. The van der Waals surface area contributed by atoms with Crippen LogP contribution in [0.4, 0.5) is 0 Å². The normalized spacial score (nSPS) is 16.1. The quantitative estimate of drug-likeness (QED) is 0.790. The van der Waals surface area contributed by atoms with Gasteiger partial charge >= 0.3 is 0 Å². The first kappa shape index (κ1) is 15.0. The van der Waals surface area contributed by atoms with E-state index in [-0.39, 0.29) is 6.04 Å². The van der Waals surface area contributed by atoms with E-state index in [1.54, 1.807) is 0 Å². The van der Waals surface area contributed by atoms with Crippen LogP contribution in [0, 0.1) is 11.3 Å². The predicted molar refractivity (Wildman–Crippen MR) is 82.6 cm³/mol. The first-order valence-electron chi connectivity index (χ1n) is 7.73. The third-order valence-electron chi connectivity index (χ3n) is 4.09. The highest BCUT2D eigenvalue weighted by atomic mass is 15.1. The molecule has 3 heteroatoms. The highest BCUT2D eigenvalue weighted by Gasteiger charge is 2.24. The second-order valence-electron chi connectivity index (χ2n) is 5.49. The zero-order valence-corrected chi connectivity index (χ0v) is 12.6. The number of likely N-dealkylation sites (N-methyl/N-ethyl adjacent to an activating group) is 1. The Balaban J connectivity index is 1.91. The molecule has 1 aromatic carbocycles. The van der Waals surface area contributed by atoms with E-state index in [2.05, 4.69) is 54.4 Å². The molecule has 108 valence electrons. The van der Waals surface area contributed by atoms with Crippen LogP contribution in [0.25, 0.3) is 0 Å². The van der Waals surface area contributed by atoms with Crippen molar-refractivity contribution in [1.29, 1.82) is 5.26 Å². The van der Waals surface area contributed by atoms with E-state index in [0.29, 0.717) is 0 Å². The van der Waals surface area contributed by atoms with Crippen molar-refractivity contribution >= 4 is 0 Å². The van der Waals surface area contributed by atoms with E-state index >= 15 is 0 Å². The van der Waals surface area contributed by atoms with Gasteiger partial charge in [-0.05, 0) is 43.0 Å². The maximum Gasteiger partial charge on any atom is 0.121 e. The van der Waals surface area contributed by atoms with Crippen LogP contribution in [0.5, 0.6) is 0 Å². The van der Waals surface area contributed by atoms with Crippen molar-refractivity contribution < 1.29 is 0 Å². The molecule has 1 unspecified atom stereocenters. The Kier molecular flexibility index (Phi) is 5.58. The van der Waals surface area contributed by atoms with Crippen molar-refractivity contribution in [3.63, 3.8) is 0 Å². The number of rotatable bonds is 8. The molecule has 1 saturated carbocycles. The molecule has 0 heterocycles. The zero-order chi connectivity index (χ0) is 14.4. The number of hydrogen-bond acceptors (Lipinski definition) is 3. The average Bonchev–Trinajstić information content (AvgIpc) is 3.32. The molecule has 1 aliphatic carbocycles. The van der Waals surface area contributed by atoms with Crippen molar-refractivity contribution in [2.45, 2.75) is 38.6 Å². The Morgan fingerprint density at radius 2 is 2.10 bits per heavy atom. The molecular formula is C17H25N3. The molecule has 1 N–H and O–H groups in total. The van der Waals surface area contributed by atoms with Crippen LogP contribution >= 0.6 is 0 Å². The van der Waals surface area contributed by atoms with Crippen LogP contribution in [-0.2, 0) is 0 Å². The minimum absolute atomic E-state index is 0.190. The zero-order valence-electron chi connectivity index (χ0n) is 12.6. The smallest absolute Gasteiger partial charge is 0.121 e. The number of hydrogen-bond donors (Lipinski definition) is 1. The van der Waals surface area contributed by atoms with Crippen LogP contribution in [-0.4, -0.2) is 31.1 Å². The van der Waals surface area contributed by atoms with Gasteiger partial charge in [0, 0.05) is 13.1 Å². The van der Waals surface area contributed by atoms with Crippen LogP contribution in [0.3, 0.4) is 0 Å². The summed E-state index contributed by atoms with van der Waals surface area (Å²) < 4.78 is 0. The van der Waals surface area contributed by atoms with Gasteiger partial charge in [-0.1, -0.05) is 38.1 Å². The van der Waals surface area contributed by atoms with E-state index in [9.17, 15) is 5.26 Å². The van der Waals surface area contributed by atoms with E-state index in [1.165, 1.54) is 18.4 Å². The first-order valence-corrected chi connectivity index (χ1v) is 7.73. The van der Waals surface area contributed by atoms with Crippen molar-refractivity contribution in [3.05, 3.63) is 35.4 Å². The average molecular weight is 271 g/mol. The highest BCUT2D eigenvalue weighted by molar-refractivity contribution is 5.33. The third-order valence-corrected chi connectivity index (χ3v) is 4.09. The molecule has 0 bridgehead atoms. The lowest BCUT2D eigenvalue weighted by molar-refractivity contribution is 0.300. The molecule has 3 nitrogen and oxygen atoms in total. The summed E-state index contributed by atoms with van der Waals surface area (Å²) in [5, 5.41) is 12.7. The maximum absolute atomic E-state index is 9.38. The molecule has 1 aliphatic rings. The van der Waals surface area contributed by atoms with Gasteiger partial charge in [0.05, 0.1) is 6.07 Å². The second kappa shape index (κ2) is 7.42. The SMILES string of the molecule is CCN(CC)CCNC(C#N)c1cccc(C2CC2)c1. The van der Waals surface area contributed by atoms with Gasteiger partial charge in [0.1, 0.15) is 6.04 Å². The molecule has 0 aromatic heterocycles. The lowest BCUT2D eigenvalue weighted by Gasteiger charge is -2.19. The van der Waals surface area contributed by atoms with Gasteiger partial charge in [-0.2, -0.15) is 5.26 Å². The fourth-order valence-electron chi connectivity index (χ4n) is 2.55. The highest BCUT2D eigenvalue weighted by Crippen LogP contribution is 2.40. The third kappa shape index (κ3) is 4.06. The van der Waals surface area contributed by atoms with Gasteiger partial charge in [-0.3, -0.25) is 5.32 Å². The maximum atomic E-state index is 9.38. The molecule has 1 atom stereocenters. The summed E-state index contributed by atoms with van der Waals surface area (Å²) in [6.45, 7) is 8.31. The molecule has 1 fully saturated rings. The van der Waals surface area contributed by atoms with Crippen LogP contribution in [0.2, 0.25) is 0 Å². The van der Waals surface area contributed by atoms with E-state index in [4.69, 9.17) is 0 Å². The first-order chi connectivity index (χ1) is 9.78. The topological polar surface area (TPSA) is 39.1 Å². The monoisotopic (exact) mass is 271 g/mol. The van der Waals surface area contributed by atoms with Crippen molar-refractivity contribution in [3.8, 4) is 6.07 Å². The molecule has 0 saturated heterocycles. The number of benzene rings is 1. The lowest BCUT2D eigenvalue weighted by atomic mass is 10.0. The number of nitrogens with zero attached hydrogens (tertiary/aromatic N) is 2. The Morgan fingerprint density at radius 1 is 1.35 bits per heavy atom. The van der Waals surface area contributed by atoms with E-state index in [0.717, 1.165) is 37.7 Å². The van der Waals surface area contributed by atoms with E-state index in [1.807, 2.05) is 0 Å². The molecule has 2 rings (SSSR count). The van der Waals surface area contributed by atoms with Crippen LogP contribution in [0.15, 0.2) is 24.3 Å². The molecule has 0 spiro atoms. The van der Waals surface area contributed by atoms with Gasteiger partial charge < -0.3 is 4.90 Å². The fraction of sp³-hybridized carbons (Fsp3) is 0.588. The van der Waals surface area contributed by atoms with E-state index < -0.39 is 0 Å². The minimum Gasteiger partial charge on any atom is -0.303 e. The van der Waals surface area contributed by atoms with Gasteiger partial charge in [0.2, 0.25) is 0 Å². The standard InChI is InChI=1S/C17H25N3/c1-3-20(4-2)11-10-19-17(13-18)16-7-5-6-15(12-16)14-8-9-14/h5-7,12,14,17,19H,3-4,8-11H2,1-2H3. The Bertz CT molecular complexity index is 456. The van der Waals surface area contributed by atoms with Gasteiger partial charge in [0.15, 0.2) is 0 Å². The Hall–Kier alpha value is -1.37. The molecule has 0 radical (unpaired) electrons. The lowest BCUT2D eigenvalue weighted by Crippen LogP contribution is -2.33. The van der Waals surface area contributed by atoms with Crippen molar-refractivity contribution in [1.82, 2.24) is 10.2 Å². The summed E-state index contributed by atoms with van der Waals surface area (Å²) in [6, 6.07) is 10.7. The Labute approximate surface area is 122 Å². The van der Waals surface area contributed by atoms with Gasteiger partial charge in [-0.15, -0.1) is 0 Å².